The molecule has 12 heteroatoms. The van der Waals surface area contributed by atoms with Gasteiger partial charge in [-0.3, -0.25) is 4.79 Å². The van der Waals surface area contributed by atoms with Crippen molar-refractivity contribution in [3.8, 4) is 0 Å². The molecule has 2 aliphatic rings. The predicted molar refractivity (Wildman–Crippen MR) is 130 cm³/mol. The summed E-state index contributed by atoms with van der Waals surface area (Å²) in [5.41, 5.74) is 19.8. The minimum atomic E-state index is -0.550. The van der Waals surface area contributed by atoms with Crippen molar-refractivity contribution in [3.05, 3.63) is 29.8 Å². The Morgan fingerprint density at radius 2 is 1.42 bits per heavy atom. The Morgan fingerprint density at radius 1 is 0.909 bits per heavy atom. The van der Waals surface area contributed by atoms with Crippen molar-refractivity contribution in [1.82, 2.24) is 15.0 Å². The summed E-state index contributed by atoms with van der Waals surface area (Å²) in [5.74, 6) is 1.25. The van der Waals surface area contributed by atoms with Crippen LogP contribution in [0.2, 0.25) is 0 Å². The van der Waals surface area contributed by atoms with E-state index in [2.05, 4.69) is 20.3 Å². The van der Waals surface area contributed by atoms with Crippen LogP contribution in [0.15, 0.2) is 24.3 Å². The first kappa shape index (κ1) is 25.1. The molecule has 8 N–H and O–H groups in total. The van der Waals surface area contributed by atoms with Gasteiger partial charge in [0, 0.05) is 55.6 Å². The van der Waals surface area contributed by atoms with Crippen LogP contribution in [0.4, 0.5) is 23.5 Å². The van der Waals surface area contributed by atoms with Gasteiger partial charge in [0.25, 0.3) is 0 Å². The van der Waals surface area contributed by atoms with Crippen LogP contribution in [0.5, 0.6) is 0 Å². The molecule has 2 aliphatic heterocycles. The van der Waals surface area contributed by atoms with Crippen molar-refractivity contribution in [1.29, 1.82) is 0 Å². The Labute approximate surface area is 199 Å². The summed E-state index contributed by atoms with van der Waals surface area (Å²) in [6, 6.07) is 6.78. The van der Waals surface area contributed by atoms with Crippen LogP contribution < -0.4 is 32.3 Å². The van der Waals surface area contributed by atoms with Gasteiger partial charge in [0.05, 0.1) is 6.10 Å². The first-order valence-corrected chi connectivity index (χ1v) is 10.9. The summed E-state index contributed by atoms with van der Waals surface area (Å²) < 4.78 is 0. The third kappa shape index (κ3) is 6.27. The average molecular weight is 478 g/mol. The van der Waals surface area contributed by atoms with E-state index in [0.29, 0.717) is 56.0 Å². The number of Topliss-reactive ketones (excluding diaryl/α,β-unsaturated/α-hetero) is 1. The summed E-state index contributed by atoms with van der Waals surface area (Å²) >= 11 is 0. The third-order valence-corrected chi connectivity index (χ3v) is 5.70. The number of aliphatic hydroxyl groups excluding tert-OH is 1. The topological polar surface area (TPSA) is 173 Å². The van der Waals surface area contributed by atoms with Crippen LogP contribution in [0.25, 0.3) is 0 Å². The Balaban J connectivity index is 0.00000306. The van der Waals surface area contributed by atoms with Crippen molar-refractivity contribution < 1.29 is 9.90 Å². The molecule has 0 aliphatic carbocycles. The van der Waals surface area contributed by atoms with E-state index in [1.807, 2.05) is 9.80 Å². The van der Waals surface area contributed by atoms with Crippen LogP contribution >= 0.6 is 12.4 Å². The van der Waals surface area contributed by atoms with E-state index < -0.39 is 6.10 Å². The molecule has 0 amide bonds. The molecule has 0 spiro atoms. The van der Waals surface area contributed by atoms with E-state index in [1.165, 1.54) is 6.92 Å². The zero-order valence-electron chi connectivity index (χ0n) is 18.6. The number of benzene rings is 1. The fourth-order valence-corrected chi connectivity index (χ4v) is 4.23. The van der Waals surface area contributed by atoms with E-state index in [0.717, 1.165) is 12.1 Å². The average Bonchev–Trinajstić information content (AvgIpc) is 2.72. The number of hydrogen-bond donors (Lipinski definition) is 5. The summed E-state index contributed by atoms with van der Waals surface area (Å²) in [4.78, 5) is 29.2. The maximum atomic E-state index is 11.5. The number of anilines is 4. The predicted octanol–water partition coefficient (Wildman–Crippen LogP) is 0.00260. The number of hydrogen-bond acceptors (Lipinski definition) is 11. The highest BCUT2D eigenvalue weighted by molar-refractivity contribution is 5.94. The Kier molecular flexibility index (Phi) is 8.03. The van der Waals surface area contributed by atoms with Gasteiger partial charge >= 0.3 is 0 Å². The normalized spacial score (nSPS) is 25.4. The molecule has 0 unspecified atom stereocenters. The summed E-state index contributed by atoms with van der Waals surface area (Å²) in [5, 5.41) is 13.4. The highest BCUT2D eigenvalue weighted by Crippen LogP contribution is 2.24. The van der Waals surface area contributed by atoms with Crippen molar-refractivity contribution in [2.24, 2.45) is 17.2 Å². The second-order valence-corrected chi connectivity index (χ2v) is 8.73. The van der Waals surface area contributed by atoms with E-state index in [1.54, 1.807) is 24.3 Å². The van der Waals surface area contributed by atoms with Gasteiger partial charge in [0.2, 0.25) is 17.8 Å². The molecule has 1 aromatic carbocycles. The zero-order valence-corrected chi connectivity index (χ0v) is 19.4. The molecule has 180 valence electrons. The van der Waals surface area contributed by atoms with Gasteiger partial charge < -0.3 is 37.4 Å². The summed E-state index contributed by atoms with van der Waals surface area (Å²) in [6.07, 6.45) is 0.735. The second kappa shape index (κ2) is 10.6. The molecule has 2 fully saturated rings. The number of nitrogens with one attached hydrogen (secondary N) is 1. The quantitative estimate of drug-likeness (QED) is 0.367. The second-order valence-electron chi connectivity index (χ2n) is 8.73. The smallest absolute Gasteiger partial charge is 0.233 e. The number of halogens is 1. The maximum Gasteiger partial charge on any atom is 0.233 e. The number of nitrogens with two attached hydrogens (primary N) is 3. The van der Waals surface area contributed by atoms with Crippen LogP contribution in [0, 0.1) is 0 Å². The van der Waals surface area contributed by atoms with Gasteiger partial charge in [0.15, 0.2) is 5.78 Å². The summed E-state index contributed by atoms with van der Waals surface area (Å²) in [7, 11) is 0. The van der Waals surface area contributed by atoms with Crippen molar-refractivity contribution >= 4 is 41.7 Å². The molecule has 4 rings (SSSR count). The number of β-amino-alcohol motifs (C(OH)–C–C–N with tert-alkyl or cyclic N) is 1. The first-order chi connectivity index (χ1) is 15.3. The number of rotatable bonds is 5. The number of nitrogens with zero attached hydrogens (tertiary/aromatic N) is 5. The van der Waals surface area contributed by atoms with Gasteiger partial charge in [-0.05, 0) is 44.0 Å². The van der Waals surface area contributed by atoms with Gasteiger partial charge in [-0.25, -0.2) is 0 Å². The van der Waals surface area contributed by atoms with Crippen LogP contribution in [0.1, 0.15) is 30.1 Å². The minimum absolute atomic E-state index is 0. The van der Waals surface area contributed by atoms with Gasteiger partial charge in [-0.15, -0.1) is 12.4 Å². The fourth-order valence-electron chi connectivity index (χ4n) is 4.23. The number of piperidine rings is 2. The Hall–Kier alpha value is -2.57. The Bertz CT molecular complexity index is 897. The van der Waals surface area contributed by atoms with Gasteiger partial charge in [-0.2, -0.15) is 15.0 Å². The lowest BCUT2D eigenvalue weighted by molar-refractivity contribution is 0.101. The standard InChI is InChI=1S/C21H31N9O2.ClH/c1-12(31)13-2-4-17(5-3-13)25-19-26-20(29-8-14(22)6-15(23)9-29)28-21(27-19)30-10-16(24)7-18(32)11-30;/h2-5,14-16,18,32H,6-11,22-24H2,1H3,(H,25,26,27,28);1H/t14-,15+,16-,18+;/m0./s1. The molecule has 0 bridgehead atoms. The lowest BCUT2D eigenvalue weighted by atomic mass is 10.0. The number of carbonyl (C=O) groups excluding carboxylic acids is 1. The van der Waals surface area contributed by atoms with E-state index >= 15 is 0 Å². The molecule has 4 atom stereocenters. The molecule has 33 heavy (non-hydrogen) atoms. The number of ketones is 1. The number of aromatic nitrogens is 3. The van der Waals surface area contributed by atoms with Crippen molar-refractivity contribution in [2.75, 3.05) is 41.3 Å². The molecule has 11 nitrogen and oxygen atoms in total. The SMILES string of the molecule is CC(=O)c1ccc(Nc2nc(N3C[C@H](N)C[C@H](N)C3)nc(N3C[C@@H](N)C[C@@H](O)C3)n2)cc1.Cl. The minimum Gasteiger partial charge on any atom is -0.391 e. The molecule has 2 saturated heterocycles. The molecule has 0 saturated carbocycles. The molecule has 2 aromatic rings. The first-order valence-electron chi connectivity index (χ1n) is 10.9. The van der Waals surface area contributed by atoms with Crippen molar-refractivity contribution in [3.63, 3.8) is 0 Å². The fraction of sp³-hybridized carbons (Fsp3) is 0.524. The third-order valence-electron chi connectivity index (χ3n) is 5.70. The molecular weight excluding hydrogens is 446 g/mol. The van der Waals surface area contributed by atoms with E-state index in [9.17, 15) is 9.90 Å². The largest absolute Gasteiger partial charge is 0.391 e. The van der Waals surface area contributed by atoms with Gasteiger partial charge in [0.1, 0.15) is 0 Å². The molecule has 3 heterocycles. The van der Waals surface area contributed by atoms with Crippen LogP contribution in [-0.2, 0) is 0 Å². The highest BCUT2D eigenvalue weighted by atomic mass is 35.5. The summed E-state index contributed by atoms with van der Waals surface area (Å²) in [6.45, 7) is 3.63. The van der Waals surface area contributed by atoms with Crippen LogP contribution in [0.3, 0.4) is 0 Å². The van der Waals surface area contributed by atoms with Crippen molar-refractivity contribution in [2.45, 2.75) is 44.0 Å². The lowest BCUT2D eigenvalue weighted by Crippen LogP contribution is -2.53. The molecule has 1 aromatic heterocycles. The lowest BCUT2D eigenvalue weighted by Gasteiger charge is -2.36. The number of carbonyl (C=O) groups is 1. The molecular formula is C21H32ClN9O2. The Morgan fingerprint density at radius 3 is 1.94 bits per heavy atom. The maximum absolute atomic E-state index is 11.5. The van der Waals surface area contributed by atoms with E-state index in [-0.39, 0.29) is 36.3 Å². The van der Waals surface area contributed by atoms with E-state index in [4.69, 9.17) is 17.2 Å². The monoisotopic (exact) mass is 477 g/mol. The van der Waals surface area contributed by atoms with Gasteiger partial charge in [-0.1, -0.05) is 0 Å². The van der Waals surface area contributed by atoms with Crippen LogP contribution in [-0.4, -0.2) is 76.3 Å². The number of aliphatic hydroxyl groups is 1. The highest BCUT2D eigenvalue weighted by Gasteiger charge is 2.29. The molecule has 0 radical (unpaired) electrons. The zero-order chi connectivity index (χ0) is 22.8.